The number of ether oxygens (including phenoxy) is 1. The van der Waals surface area contributed by atoms with Crippen LogP contribution in [0.3, 0.4) is 0 Å². The number of esters is 1. The molecule has 10 heteroatoms. The average Bonchev–Trinajstić information content (AvgIpc) is 3.73. The Morgan fingerprint density at radius 1 is 1.20 bits per heavy atom. The van der Waals surface area contributed by atoms with Crippen molar-refractivity contribution >= 4 is 28.9 Å². The van der Waals surface area contributed by atoms with Crippen LogP contribution in [0.5, 0.6) is 0 Å². The minimum Gasteiger partial charge on any atom is -0.457 e. The summed E-state index contributed by atoms with van der Waals surface area (Å²) in [4.78, 5) is 27.2. The number of hydrogen-bond donors (Lipinski definition) is 2. The van der Waals surface area contributed by atoms with Crippen LogP contribution < -0.4 is 0 Å². The van der Waals surface area contributed by atoms with Gasteiger partial charge < -0.3 is 19.4 Å². The van der Waals surface area contributed by atoms with Gasteiger partial charge in [-0.15, -0.1) is 0 Å². The van der Waals surface area contributed by atoms with E-state index >= 15 is 0 Å². The maximum atomic E-state index is 13.9. The van der Waals surface area contributed by atoms with Gasteiger partial charge in [-0.2, -0.15) is 5.10 Å². The van der Waals surface area contributed by atoms with E-state index in [9.17, 15) is 24.2 Å². The number of furan rings is 1. The van der Waals surface area contributed by atoms with Crippen molar-refractivity contribution in [2.45, 2.75) is 64.1 Å². The summed E-state index contributed by atoms with van der Waals surface area (Å²) < 4.78 is 27.0. The SMILES string of the molecule is C[C@]12Cc3cnn(-c4ccc(F)cc4)c3C=C1CC[C@@H]1C2[C@@H](O)C[C@@]2(C)C1CC[C@]2(OC(=O)c1ccco1)C(=O)SCCO. The van der Waals surface area contributed by atoms with Crippen LogP contribution in [0.15, 0.2) is 58.8 Å². The van der Waals surface area contributed by atoms with E-state index in [4.69, 9.17) is 9.15 Å². The fourth-order valence-electron chi connectivity index (χ4n) is 9.36. The molecule has 7 rings (SSSR count). The number of aliphatic hydroxyl groups excluding tert-OH is 2. The molecular formula is C34H37FN2O6S. The zero-order chi connectivity index (χ0) is 30.9. The summed E-state index contributed by atoms with van der Waals surface area (Å²) in [6, 6.07) is 9.45. The first-order valence-electron chi connectivity index (χ1n) is 15.4. The lowest BCUT2D eigenvalue weighted by atomic mass is 9.45. The van der Waals surface area contributed by atoms with Crippen molar-refractivity contribution in [3.63, 3.8) is 0 Å². The number of nitrogens with zero attached hydrogens (tertiary/aromatic N) is 2. The Bertz CT molecular complexity index is 1620. The second-order valence-corrected chi connectivity index (χ2v) is 14.4. The number of hydrogen-bond acceptors (Lipinski definition) is 8. The lowest BCUT2D eigenvalue weighted by Gasteiger charge is -2.60. The molecule has 0 amide bonds. The molecule has 2 aromatic heterocycles. The summed E-state index contributed by atoms with van der Waals surface area (Å²) in [5, 5.41) is 26.0. The van der Waals surface area contributed by atoms with Crippen LogP contribution in [0.25, 0.3) is 11.8 Å². The zero-order valence-electron chi connectivity index (χ0n) is 24.9. The lowest BCUT2D eigenvalue weighted by Crippen LogP contribution is -2.62. The highest BCUT2D eigenvalue weighted by molar-refractivity contribution is 8.13. The molecule has 44 heavy (non-hydrogen) atoms. The van der Waals surface area contributed by atoms with Gasteiger partial charge in [-0.3, -0.25) is 4.79 Å². The second-order valence-electron chi connectivity index (χ2n) is 13.3. The predicted octanol–water partition coefficient (Wildman–Crippen LogP) is 5.61. The summed E-state index contributed by atoms with van der Waals surface area (Å²) in [6.07, 6.45) is 8.57. The Balaban J connectivity index is 1.22. The second kappa shape index (κ2) is 10.7. The van der Waals surface area contributed by atoms with Gasteiger partial charge in [-0.05, 0) is 110 Å². The quantitative estimate of drug-likeness (QED) is 0.342. The molecule has 4 aliphatic rings. The average molecular weight is 621 g/mol. The third kappa shape index (κ3) is 4.28. The Hall–Kier alpha value is -3.21. The largest absolute Gasteiger partial charge is 0.457 e. The van der Waals surface area contributed by atoms with Crippen molar-refractivity contribution in [1.82, 2.24) is 9.78 Å². The van der Waals surface area contributed by atoms with Gasteiger partial charge in [0.2, 0.25) is 10.9 Å². The number of allylic oxidation sites excluding steroid dienone is 1. The number of thioether (sulfide) groups is 1. The van der Waals surface area contributed by atoms with Crippen LogP contribution in [-0.2, 0) is 16.0 Å². The van der Waals surface area contributed by atoms with Crippen LogP contribution in [0.2, 0.25) is 0 Å². The van der Waals surface area contributed by atoms with E-state index in [2.05, 4.69) is 18.1 Å². The Morgan fingerprint density at radius 3 is 2.73 bits per heavy atom. The summed E-state index contributed by atoms with van der Waals surface area (Å²) >= 11 is 0.990. The van der Waals surface area contributed by atoms with E-state index in [1.54, 1.807) is 18.2 Å². The van der Waals surface area contributed by atoms with Crippen molar-refractivity contribution in [1.29, 1.82) is 0 Å². The Kier molecular flexibility index (Phi) is 7.18. The summed E-state index contributed by atoms with van der Waals surface area (Å²) in [5.74, 6) is -0.610. The van der Waals surface area contributed by atoms with Crippen molar-refractivity contribution in [3.05, 3.63) is 77.3 Å². The molecule has 0 aliphatic heterocycles. The first-order chi connectivity index (χ1) is 21.1. The number of benzene rings is 1. The van der Waals surface area contributed by atoms with Gasteiger partial charge in [0.05, 0.1) is 36.6 Å². The van der Waals surface area contributed by atoms with Gasteiger partial charge in [-0.1, -0.05) is 31.2 Å². The number of halogens is 1. The molecule has 0 bridgehead atoms. The number of carbonyl (C=O) groups excluding carboxylic acids is 2. The monoisotopic (exact) mass is 620 g/mol. The third-order valence-corrected chi connectivity index (χ3v) is 12.2. The number of fused-ring (bicyclic) bond motifs is 6. The molecule has 0 radical (unpaired) electrons. The molecule has 2 N–H and O–H groups in total. The molecule has 4 aliphatic carbocycles. The molecule has 8 nitrogen and oxygen atoms in total. The highest BCUT2D eigenvalue weighted by Crippen LogP contribution is 2.69. The topological polar surface area (TPSA) is 115 Å². The maximum absolute atomic E-state index is 13.9. The molecular weight excluding hydrogens is 583 g/mol. The van der Waals surface area contributed by atoms with Gasteiger partial charge >= 0.3 is 5.97 Å². The number of rotatable bonds is 6. The first-order valence-corrected chi connectivity index (χ1v) is 16.4. The van der Waals surface area contributed by atoms with Gasteiger partial charge in [0.25, 0.3) is 0 Å². The Labute approximate surface area is 259 Å². The van der Waals surface area contributed by atoms with Crippen LogP contribution in [0.1, 0.15) is 67.8 Å². The summed E-state index contributed by atoms with van der Waals surface area (Å²) in [7, 11) is 0. The molecule has 3 saturated carbocycles. The van der Waals surface area contributed by atoms with Crippen LogP contribution in [-0.4, -0.2) is 55.1 Å². The highest BCUT2D eigenvalue weighted by Gasteiger charge is 2.70. The van der Waals surface area contributed by atoms with Crippen LogP contribution in [0.4, 0.5) is 4.39 Å². The normalized spacial score (nSPS) is 33.9. The molecule has 232 valence electrons. The third-order valence-electron chi connectivity index (χ3n) is 11.3. The number of carbonyl (C=O) groups is 2. The summed E-state index contributed by atoms with van der Waals surface area (Å²) in [6.45, 7) is 4.09. The van der Waals surface area contributed by atoms with Gasteiger partial charge in [0.1, 0.15) is 5.82 Å². The molecule has 3 fully saturated rings. The van der Waals surface area contributed by atoms with Crippen molar-refractivity contribution in [2.24, 2.45) is 28.6 Å². The molecule has 2 heterocycles. The van der Waals surface area contributed by atoms with Crippen molar-refractivity contribution < 1.29 is 33.3 Å². The van der Waals surface area contributed by atoms with E-state index in [1.165, 1.54) is 30.0 Å². The van der Waals surface area contributed by atoms with E-state index in [0.29, 0.717) is 19.3 Å². The van der Waals surface area contributed by atoms with E-state index in [1.807, 2.05) is 17.8 Å². The molecule has 3 aromatic rings. The van der Waals surface area contributed by atoms with Crippen LogP contribution in [0, 0.1) is 34.4 Å². The van der Waals surface area contributed by atoms with E-state index in [-0.39, 0.29) is 52.2 Å². The van der Waals surface area contributed by atoms with Crippen molar-refractivity contribution in [2.75, 3.05) is 12.4 Å². The Morgan fingerprint density at radius 2 is 2.00 bits per heavy atom. The maximum Gasteiger partial charge on any atom is 0.375 e. The minimum absolute atomic E-state index is 0.0322. The molecule has 7 atom stereocenters. The zero-order valence-corrected chi connectivity index (χ0v) is 25.7. The molecule has 0 spiro atoms. The standard InChI is InChI=1S/C34H37FN2O6S/c1-32-17-20-19-36-37(23-8-6-22(35)7-9-23)26(20)16-21(32)5-10-24-25-11-12-34(31(41)44-15-13-38,33(25,2)18-27(39)29(24)32)43-30(40)28-4-3-14-42-28/h3-4,6-9,14,16,19,24-25,27,29,38-39H,5,10-13,15,17-18H2,1-2H3/t24-,25?,27-,29?,32-,33-,34-/m0/s1. The van der Waals surface area contributed by atoms with Gasteiger partial charge in [-0.25, -0.2) is 13.9 Å². The van der Waals surface area contributed by atoms with Crippen LogP contribution >= 0.6 is 11.8 Å². The van der Waals surface area contributed by atoms with Crippen molar-refractivity contribution in [3.8, 4) is 5.69 Å². The molecule has 1 aromatic carbocycles. The lowest BCUT2D eigenvalue weighted by molar-refractivity contribution is -0.175. The smallest absolute Gasteiger partial charge is 0.375 e. The highest BCUT2D eigenvalue weighted by atomic mass is 32.2. The van der Waals surface area contributed by atoms with Gasteiger partial charge in [0, 0.05) is 11.2 Å². The van der Waals surface area contributed by atoms with Gasteiger partial charge in [0.15, 0.2) is 5.60 Å². The number of aliphatic hydroxyl groups is 2. The summed E-state index contributed by atoms with van der Waals surface area (Å²) in [5.41, 5.74) is 1.62. The number of aromatic nitrogens is 2. The van der Waals surface area contributed by atoms with E-state index in [0.717, 1.165) is 48.0 Å². The first kappa shape index (κ1) is 29.5. The predicted molar refractivity (Wildman–Crippen MR) is 162 cm³/mol. The molecule has 0 saturated heterocycles. The molecule has 2 unspecified atom stereocenters. The fourth-order valence-corrected chi connectivity index (χ4v) is 10.3. The minimum atomic E-state index is -1.44. The van der Waals surface area contributed by atoms with E-state index < -0.39 is 23.1 Å². The fraction of sp³-hybridized carbons (Fsp3) is 0.500.